The number of nitrogens with zero attached hydrogens (tertiary/aromatic N) is 2. The molecule has 1 heterocycles. The lowest BCUT2D eigenvalue weighted by Crippen LogP contribution is -2.22. The van der Waals surface area contributed by atoms with Gasteiger partial charge in [-0.2, -0.15) is 5.10 Å². The summed E-state index contributed by atoms with van der Waals surface area (Å²) in [4.78, 5) is 17.7. The highest BCUT2D eigenvalue weighted by Gasteiger charge is 2.36. The normalized spacial score (nSPS) is 22.1. The Labute approximate surface area is 168 Å². The molecule has 3 aromatic rings. The Hall–Kier alpha value is -2.72. The van der Waals surface area contributed by atoms with Crippen LogP contribution in [-0.2, 0) is 0 Å². The number of benzene rings is 2. The summed E-state index contributed by atoms with van der Waals surface area (Å²) in [5, 5.41) is 5.90. The molecule has 2 atom stereocenters. The number of halogens is 1. The summed E-state index contributed by atoms with van der Waals surface area (Å²) in [6.45, 7) is 0. The molecule has 0 spiro atoms. The third kappa shape index (κ3) is 3.08. The predicted molar refractivity (Wildman–Crippen MR) is 113 cm³/mol. The molecule has 4 nitrogen and oxygen atoms in total. The second-order valence-corrected chi connectivity index (χ2v) is 8.08. The summed E-state index contributed by atoms with van der Waals surface area (Å²) in [5.74, 6) is 1.11. The number of hydrogen-bond acceptors (Lipinski definition) is 3. The molecule has 5 rings (SSSR count). The molecule has 2 aliphatic carbocycles. The van der Waals surface area contributed by atoms with Crippen molar-refractivity contribution in [3.63, 3.8) is 0 Å². The molecule has 0 radical (unpaired) electrons. The zero-order valence-corrected chi connectivity index (χ0v) is 16.1. The van der Waals surface area contributed by atoms with Gasteiger partial charge in [-0.25, -0.2) is 10.4 Å². The van der Waals surface area contributed by atoms with E-state index in [9.17, 15) is 4.79 Å². The zero-order valence-electron chi connectivity index (χ0n) is 15.4. The molecule has 0 saturated heterocycles. The highest BCUT2D eigenvalue weighted by atomic mass is 35.5. The number of pyridine rings is 1. The van der Waals surface area contributed by atoms with E-state index in [1.165, 1.54) is 19.3 Å². The number of carbonyl (C=O) groups excluding carboxylic acids is 1. The van der Waals surface area contributed by atoms with Crippen LogP contribution in [0.4, 0.5) is 0 Å². The van der Waals surface area contributed by atoms with E-state index in [0.717, 1.165) is 34.5 Å². The van der Waals surface area contributed by atoms with Crippen molar-refractivity contribution < 1.29 is 4.79 Å². The monoisotopic (exact) mass is 389 g/mol. The number of para-hydroxylation sites is 1. The number of aromatic nitrogens is 1. The summed E-state index contributed by atoms with van der Waals surface area (Å²) < 4.78 is 0. The fraction of sp³-hybridized carbons (Fsp3) is 0.261. The summed E-state index contributed by atoms with van der Waals surface area (Å²) in [6, 6.07) is 17.0. The first kappa shape index (κ1) is 17.4. The number of fused-ring (bicyclic) bond motifs is 3. The number of hydrazone groups is 1. The molecule has 0 aliphatic heterocycles. The Morgan fingerprint density at radius 1 is 1.11 bits per heavy atom. The van der Waals surface area contributed by atoms with Gasteiger partial charge in [-0.15, -0.1) is 0 Å². The van der Waals surface area contributed by atoms with E-state index in [0.29, 0.717) is 22.2 Å². The van der Waals surface area contributed by atoms with Gasteiger partial charge in [-0.05, 0) is 55.7 Å². The minimum Gasteiger partial charge on any atom is -0.267 e. The lowest BCUT2D eigenvalue weighted by Gasteiger charge is -2.13. The molecular weight excluding hydrogens is 370 g/mol. The van der Waals surface area contributed by atoms with Gasteiger partial charge < -0.3 is 0 Å². The Morgan fingerprint density at radius 2 is 1.93 bits per heavy atom. The minimum absolute atomic E-state index is 0.206. The average molecular weight is 390 g/mol. The second kappa shape index (κ2) is 7.02. The lowest BCUT2D eigenvalue weighted by molar-refractivity contribution is 0.0956. The average Bonchev–Trinajstić information content (AvgIpc) is 3.35. The van der Waals surface area contributed by atoms with E-state index in [2.05, 4.69) is 10.5 Å². The van der Waals surface area contributed by atoms with Crippen LogP contribution in [0.15, 0.2) is 59.7 Å². The van der Waals surface area contributed by atoms with Crippen LogP contribution in [0.25, 0.3) is 22.2 Å². The topological polar surface area (TPSA) is 54.4 Å². The van der Waals surface area contributed by atoms with Crippen molar-refractivity contribution in [3.8, 4) is 11.3 Å². The molecule has 28 heavy (non-hydrogen) atoms. The smallest absolute Gasteiger partial charge is 0.267 e. The van der Waals surface area contributed by atoms with Crippen LogP contribution in [0.1, 0.15) is 36.0 Å². The Morgan fingerprint density at radius 3 is 2.71 bits per heavy atom. The molecule has 140 valence electrons. The lowest BCUT2D eigenvalue weighted by atomic mass is 9.99. The van der Waals surface area contributed by atoms with Crippen molar-refractivity contribution in [2.24, 2.45) is 16.9 Å². The van der Waals surface area contributed by atoms with Gasteiger partial charge in [0.2, 0.25) is 0 Å². The van der Waals surface area contributed by atoms with E-state index in [-0.39, 0.29) is 5.91 Å². The standard InChI is InChI=1S/C23H20ClN3O/c24-19-7-3-1-6-17(19)22-13-18(16-5-2-4-8-20(16)25-22)23(28)27-26-21-12-14-9-10-15(21)11-14/h1-8,13-15H,9-12H2,(H,27,28)/b26-21+/t14-,15-/m1/s1. The molecule has 1 N–H and O–H groups in total. The Bertz CT molecular complexity index is 1110. The highest BCUT2D eigenvalue weighted by molar-refractivity contribution is 6.33. The van der Waals surface area contributed by atoms with Crippen LogP contribution in [0.3, 0.4) is 0 Å². The molecule has 1 amide bonds. The SMILES string of the molecule is O=C(N/N=C1\C[C@@H]2CC[C@@H]1C2)c1cc(-c2ccccc2Cl)nc2ccccc12. The Balaban J connectivity index is 1.53. The van der Waals surface area contributed by atoms with Gasteiger partial charge in [0.1, 0.15) is 0 Å². The molecule has 2 saturated carbocycles. The van der Waals surface area contributed by atoms with Gasteiger partial charge in [-0.3, -0.25) is 4.79 Å². The summed E-state index contributed by atoms with van der Waals surface area (Å²) in [7, 11) is 0. The molecule has 2 aromatic carbocycles. The van der Waals surface area contributed by atoms with Gasteiger partial charge >= 0.3 is 0 Å². The van der Waals surface area contributed by atoms with Crippen LogP contribution in [0, 0.1) is 11.8 Å². The fourth-order valence-electron chi connectivity index (χ4n) is 4.52. The van der Waals surface area contributed by atoms with Crippen LogP contribution in [0.2, 0.25) is 5.02 Å². The maximum absolute atomic E-state index is 13.0. The molecule has 2 bridgehead atoms. The van der Waals surface area contributed by atoms with Crippen molar-refractivity contribution in [2.75, 3.05) is 0 Å². The molecule has 2 aliphatic rings. The second-order valence-electron chi connectivity index (χ2n) is 7.68. The molecule has 5 heteroatoms. The van der Waals surface area contributed by atoms with Crippen LogP contribution >= 0.6 is 11.6 Å². The van der Waals surface area contributed by atoms with E-state index in [4.69, 9.17) is 16.6 Å². The van der Waals surface area contributed by atoms with Gasteiger partial charge in [0, 0.05) is 21.7 Å². The highest BCUT2D eigenvalue weighted by Crippen LogP contribution is 2.42. The third-order valence-corrected chi connectivity index (χ3v) is 6.25. The van der Waals surface area contributed by atoms with Crippen LogP contribution in [-0.4, -0.2) is 16.6 Å². The Kier molecular flexibility index (Phi) is 4.36. The van der Waals surface area contributed by atoms with Gasteiger partial charge in [-0.1, -0.05) is 48.0 Å². The molecule has 0 unspecified atom stereocenters. The maximum Gasteiger partial charge on any atom is 0.272 e. The quantitative estimate of drug-likeness (QED) is 0.604. The van der Waals surface area contributed by atoms with E-state index in [1.54, 1.807) is 6.07 Å². The summed E-state index contributed by atoms with van der Waals surface area (Å²) >= 11 is 6.36. The van der Waals surface area contributed by atoms with Crippen LogP contribution < -0.4 is 5.43 Å². The number of nitrogens with one attached hydrogen (secondary N) is 1. The number of amides is 1. The molecule has 1 aromatic heterocycles. The largest absolute Gasteiger partial charge is 0.272 e. The minimum atomic E-state index is -0.206. The number of rotatable bonds is 3. The first-order chi connectivity index (χ1) is 13.7. The summed E-state index contributed by atoms with van der Waals surface area (Å²) in [6.07, 6.45) is 4.75. The van der Waals surface area contributed by atoms with E-state index < -0.39 is 0 Å². The van der Waals surface area contributed by atoms with E-state index >= 15 is 0 Å². The fourth-order valence-corrected chi connectivity index (χ4v) is 4.75. The van der Waals surface area contributed by atoms with E-state index in [1.807, 2.05) is 48.5 Å². The van der Waals surface area contributed by atoms with Crippen molar-refractivity contribution in [2.45, 2.75) is 25.7 Å². The first-order valence-corrected chi connectivity index (χ1v) is 10.1. The van der Waals surface area contributed by atoms with Gasteiger partial charge in [0.15, 0.2) is 0 Å². The molecular formula is C23H20ClN3O. The van der Waals surface area contributed by atoms with Gasteiger partial charge in [0.25, 0.3) is 5.91 Å². The summed E-state index contributed by atoms with van der Waals surface area (Å²) in [5.41, 5.74) is 6.76. The van der Waals surface area contributed by atoms with Crippen molar-refractivity contribution in [1.29, 1.82) is 0 Å². The first-order valence-electron chi connectivity index (χ1n) is 9.70. The number of hydrogen-bond donors (Lipinski definition) is 1. The maximum atomic E-state index is 13.0. The molecule has 2 fully saturated rings. The third-order valence-electron chi connectivity index (χ3n) is 5.92. The van der Waals surface area contributed by atoms with Crippen molar-refractivity contribution in [3.05, 3.63) is 65.2 Å². The van der Waals surface area contributed by atoms with Crippen molar-refractivity contribution in [1.82, 2.24) is 10.4 Å². The van der Waals surface area contributed by atoms with Gasteiger partial charge in [0.05, 0.1) is 16.8 Å². The van der Waals surface area contributed by atoms with Crippen molar-refractivity contribution >= 4 is 34.1 Å². The number of carbonyl (C=O) groups is 1. The zero-order chi connectivity index (χ0) is 19.1. The van der Waals surface area contributed by atoms with Crippen LogP contribution in [0.5, 0.6) is 0 Å². The predicted octanol–water partition coefficient (Wildman–Crippen LogP) is 5.46.